The molecule has 2 N–H and O–H groups in total. The van der Waals surface area contributed by atoms with Crippen LogP contribution < -0.4 is 10.6 Å². The van der Waals surface area contributed by atoms with Gasteiger partial charge in [0, 0.05) is 33.8 Å². The van der Waals surface area contributed by atoms with Crippen molar-refractivity contribution in [3.8, 4) is 0 Å². The maximum atomic E-state index is 5.13. The molecule has 5 nitrogen and oxygen atoms in total. The Hall–Kier alpha value is -0.810. The fourth-order valence-corrected chi connectivity index (χ4v) is 2.40. The fraction of sp³-hybridized carbons (Fsp3) is 0.933. The topological polar surface area (TPSA) is 48.9 Å². The van der Waals surface area contributed by atoms with Crippen molar-refractivity contribution < 1.29 is 4.74 Å². The molecule has 0 bridgehead atoms. The number of nitrogens with zero attached hydrogens (tertiary/aromatic N) is 2. The van der Waals surface area contributed by atoms with Gasteiger partial charge in [-0.1, -0.05) is 13.8 Å². The van der Waals surface area contributed by atoms with Crippen molar-refractivity contribution in [2.45, 2.75) is 26.7 Å². The summed E-state index contributed by atoms with van der Waals surface area (Å²) in [4.78, 5) is 6.76. The largest absolute Gasteiger partial charge is 0.383 e. The van der Waals surface area contributed by atoms with Gasteiger partial charge in [-0.05, 0) is 37.8 Å². The van der Waals surface area contributed by atoms with E-state index in [0.717, 1.165) is 38.1 Å². The standard InChI is InChI=1S/C15H32N4O/c1-13(2)11-17-15(16-3)18-12-14-5-7-19(8-6-14)9-10-20-4/h13-14H,5-12H2,1-4H3,(H2,16,17,18). The van der Waals surface area contributed by atoms with E-state index < -0.39 is 0 Å². The lowest BCUT2D eigenvalue weighted by Gasteiger charge is -2.32. The first-order valence-corrected chi connectivity index (χ1v) is 7.81. The van der Waals surface area contributed by atoms with Crippen molar-refractivity contribution >= 4 is 5.96 Å². The summed E-state index contributed by atoms with van der Waals surface area (Å²) in [7, 11) is 3.61. The van der Waals surface area contributed by atoms with Gasteiger partial charge in [-0.3, -0.25) is 4.99 Å². The Morgan fingerprint density at radius 3 is 2.55 bits per heavy atom. The number of hydrogen-bond donors (Lipinski definition) is 2. The molecule has 0 aliphatic carbocycles. The first-order chi connectivity index (χ1) is 9.65. The lowest BCUT2D eigenvalue weighted by atomic mass is 9.97. The molecule has 118 valence electrons. The first-order valence-electron chi connectivity index (χ1n) is 7.81. The van der Waals surface area contributed by atoms with E-state index in [2.05, 4.69) is 34.4 Å². The summed E-state index contributed by atoms with van der Waals surface area (Å²) in [5.41, 5.74) is 0. The zero-order valence-electron chi connectivity index (χ0n) is 13.6. The highest BCUT2D eigenvalue weighted by molar-refractivity contribution is 5.79. The smallest absolute Gasteiger partial charge is 0.190 e. The number of guanidine groups is 1. The summed E-state index contributed by atoms with van der Waals surface area (Å²) in [6.07, 6.45) is 2.52. The molecular weight excluding hydrogens is 252 g/mol. The average molecular weight is 284 g/mol. The summed E-state index contributed by atoms with van der Waals surface area (Å²) >= 11 is 0. The van der Waals surface area contributed by atoms with Gasteiger partial charge in [0.1, 0.15) is 0 Å². The highest BCUT2D eigenvalue weighted by atomic mass is 16.5. The Morgan fingerprint density at radius 1 is 1.30 bits per heavy atom. The Morgan fingerprint density at radius 2 is 2.00 bits per heavy atom. The van der Waals surface area contributed by atoms with E-state index in [1.165, 1.54) is 25.9 Å². The van der Waals surface area contributed by atoms with Crippen molar-refractivity contribution in [2.75, 3.05) is 53.5 Å². The van der Waals surface area contributed by atoms with Crippen molar-refractivity contribution in [1.29, 1.82) is 0 Å². The van der Waals surface area contributed by atoms with Crippen LogP contribution in [-0.2, 0) is 4.74 Å². The molecule has 1 aliphatic heterocycles. The molecule has 0 atom stereocenters. The normalized spacial score (nSPS) is 18.6. The van der Waals surface area contributed by atoms with Gasteiger partial charge in [0.05, 0.1) is 6.61 Å². The van der Waals surface area contributed by atoms with Gasteiger partial charge in [-0.15, -0.1) is 0 Å². The molecule has 0 aromatic heterocycles. The third kappa shape index (κ3) is 7.10. The number of ether oxygens (including phenoxy) is 1. The van der Waals surface area contributed by atoms with Crippen LogP contribution in [0.3, 0.4) is 0 Å². The quantitative estimate of drug-likeness (QED) is 0.544. The van der Waals surface area contributed by atoms with Gasteiger partial charge in [0.2, 0.25) is 0 Å². The monoisotopic (exact) mass is 284 g/mol. The van der Waals surface area contributed by atoms with Crippen LogP contribution in [0.1, 0.15) is 26.7 Å². The zero-order chi connectivity index (χ0) is 14.8. The molecule has 0 aromatic rings. The van der Waals surface area contributed by atoms with E-state index in [0.29, 0.717) is 5.92 Å². The highest BCUT2D eigenvalue weighted by Gasteiger charge is 2.18. The SMILES string of the molecule is CN=C(NCC(C)C)NCC1CCN(CCOC)CC1. The van der Waals surface area contributed by atoms with Gasteiger partial charge in [0.25, 0.3) is 0 Å². The lowest BCUT2D eigenvalue weighted by molar-refractivity contribution is 0.121. The Labute approximate surface area is 124 Å². The molecule has 0 spiro atoms. The molecule has 0 aromatic carbocycles. The maximum absolute atomic E-state index is 5.13. The minimum absolute atomic E-state index is 0.637. The Kier molecular flexibility index (Phi) is 8.62. The van der Waals surface area contributed by atoms with Crippen molar-refractivity contribution in [3.63, 3.8) is 0 Å². The van der Waals surface area contributed by atoms with E-state index in [4.69, 9.17) is 4.74 Å². The number of hydrogen-bond acceptors (Lipinski definition) is 3. The predicted octanol–water partition coefficient (Wildman–Crippen LogP) is 1.17. The maximum Gasteiger partial charge on any atom is 0.190 e. The van der Waals surface area contributed by atoms with Crippen LogP contribution in [0.25, 0.3) is 0 Å². The van der Waals surface area contributed by atoms with Gasteiger partial charge < -0.3 is 20.3 Å². The second kappa shape index (κ2) is 10.00. The molecule has 1 saturated heterocycles. The fourth-order valence-electron chi connectivity index (χ4n) is 2.40. The van der Waals surface area contributed by atoms with Crippen molar-refractivity contribution in [3.05, 3.63) is 0 Å². The molecule has 1 fully saturated rings. The van der Waals surface area contributed by atoms with Crippen molar-refractivity contribution in [1.82, 2.24) is 15.5 Å². The number of piperidine rings is 1. The van der Waals surface area contributed by atoms with Gasteiger partial charge >= 0.3 is 0 Å². The molecule has 1 heterocycles. The first kappa shape index (κ1) is 17.2. The highest BCUT2D eigenvalue weighted by Crippen LogP contribution is 2.15. The molecule has 1 rings (SSSR count). The lowest BCUT2D eigenvalue weighted by Crippen LogP contribution is -2.44. The van der Waals surface area contributed by atoms with Gasteiger partial charge in [-0.25, -0.2) is 0 Å². The molecule has 0 amide bonds. The minimum Gasteiger partial charge on any atom is -0.383 e. The number of rotatable bonds is 7. The van der Waals surface area contributed by atoms with Crippen LogP contribution in [0.15, 0.2) is 4.99 Å². The third-order valence-electron chi connectivity index (χ3n) is 3.78. The Bertz CT molecular complexity index is 273. The van der Waals surface area contributed by atoms with Crippen LogP contribution in [0, 0.1) is 11.8 Å². The number of nitrogens with one attached hydrogen (secondary N) is 2. The van der Waals surface area contributed by atoms with E-state index in [1.54, 1.807) is 7.11 Å². The second-order valence-corrected chi connectivity index (χ2v) is 6.01. The van der Waals surface area contributed by atoms with Crippen LogP contribution in [0.4, 0.5) is 0 Å². The minimum atomic E-state index is 0.637. The van der Waals surface area contributed by atoms with Gasteiger partial charge in [0.15, 0.2) is 5.96 Å². The van der Waals surface area contributed by atoms with E-state index in [9.17, 15) is 0 Å². The summed E-state index contributed by atoms with van der Waals surface area (Å²) in [5.74, 6) is 2.32. The van der Waals surface area contributed by atoms with Crippen LogP contribution >= 0.6 is 0 Å². The summed E-state index contributed by atoms with van der Waals surface area (Å²) in [6, 6.07) is 0. The predicted molar refractivity (Wildman–Crippen MR) is 85.2 cm³/mol. The van der Waals surface area contributed by atoms with E-state index in [-0.39, 0.29) is 0 Å². The molecular formula is C15H32N4O. The summed E-state index contributed by atoms with van der Waals surface area (Å²) < 4.78 is 5.13. The van der Waals surface area contributed by atoms with E-state index in [1.807, 2.05) is 7.05 Å². The van der Waals surface area contributed by atoms with Crippen LogP contribution in [0.5, 0.6) is 0 Å². The molecule has 1 aliphatic rings. The zero-order valence-corrected chi connectivity index (χ0v) is 13.6. The Balaban J connectivity index is 2.16. The third-order valence-corrected chi connectivity index (χ3v) is 3.78. The van der Waals surface area contributed by atoms with Crippen LogP contribution in [-0.4, -0.2) is 64.3 Å². The molecule has 5 heteroatoms. The number of methoxy groups -OCH3 is 1. The number of aliphatic imine (C=N–C) groups is 1. The summed E-state index contributed by atoms with van der Waals surface area (Å²) in [6.45, 7) is 10.7. The molecule has 0 saturated carbocycles. The molecule has 0 unspecified atom stereocenters. The van der Waals surface area contributed by atoms with Gasteiger partial charge in [-0.2, -0.15) is 0 Å². The van der Waals surface area contributed by atoms with Crippen molar-refractivity contribution in [2.24, 2.45) is 16.8 Å². The van der Waals surface area contributed by atoms with E-state index >= 15 is 0 Å². The number of likely N-dealkylation sites (tertiary alicyclic amines) is 1. The molecule has 20 heavy (non-hydrogen) atoms. The summed E-state index contributed by atoms with van der Waals surface area (Å²) in [5, 5.41) is 6.81. The van der Waals surface area contributed by atoms with Crippen LogP contribution in [0.2, 0.25) is 0 Å². The molecule has 0 radical (unpaired) electrons. The average Bonchev–Trinajstić information content (AvgIpc) is 2.46. The second-order valence-electron chi connectivity index (χ2n) is 6.01.